The molecule has 176 valence electrons. The van der Waals surface area contributed by atoms with Gasteiger partial charge in [0.05, 0.1) is 19.4 Å². The molecule has 1 aliphatic heterocycles. The van der Waals surface area contributed by atoms with Crippen molar-refractivity contribution in [1.29, 1.82) is 0 Å². The van der Waals surface area contributed by atoms with Gasteiger partial charge in [-0.25, -0.2) is 21.1 Å². The van der Waals surface area contributed by atoms with E-state index in [1.807, 2.05) is 6.92 Å². The van der Waals surface area contributed by atoms with Crippen molar-refractivity contribution in [2.75, 3.05) is 33.0 Å². The Morgan fingerprint density at radius 3 is 2.50 bits per heavy atom. The summed E-state index contributed by atoms with van der Waals surface area (Å²) >= 11 is 0. The number of hydrogen-bond donors (Lipinski definition) is 1. The molecule has 1 N–H and O–H groups in total. The predicted molar refractivity (Wildman–Crippen MR) is 121 cm³/mol. The van der Waals surface area contributed by atoms with Crippen LogP contribution in [0.25, 0.3) is 11.1 Å². The quantitative estimate of drug-likeness (QED) is 0.660. The Bertz CT molecular complexity index is 1160. The van der Waals surface area contributed by atoms with Crippen LogP contribution >= 0.6 is 0 Å². The summed E-state index contributed by atoms with van der Waals surface area (Å²) in [6.07, 6.45) is 3.78. The highest BCUT2D eigenvalue weighted by molar-refractivity contribution is 7.89. The number of benzene rings is 1. The normalized spacial score (nSPS) is 22.4. The van der Waals surface area contributed by atoms with Crippen molar-refractivity contribution in [1.82, 2.24) is 13.6 Å². The Balaban J connectivity index is 2.14. The average molecular weight is 484 g/mol. The molecule has 0 spiro atoms. The molecule has 3 rings (SSSR count). The summed E-state index contributed by atoms with van der Waals surface area (Å²) in [4.78, 5) is 3.99. The second-order valence-corrected chi connectivity index (χ2v) is 12.1. The minimum absolute atomic E-state index is 0.0190. The van der Waals surface area contributed by atoms with Crippen LogP contribution in [-0.4, -0.2) is 80.7 Å². The van der Waals surface area contributed by atoms with Crippen molar-refractivity contribution < 1.29 is 26.7 Å². The summed E-state index contributed by atoms with van der Waals surface area (Å²) < 4.78 is 59.6. The molecule has 1 aromatic heterocycles. The third-order valence-corrected chi connectivity index (χ3v) is 8.98. The number of fused-ring (bicyclic) bond motifs is 1. The maximum Gasteiger partial charge on any atom is 0.247 e. The Hall–Kier alpha value is -2.05. The first-order chi connectivity index (χ1) is 14.9. The zero-order valence-electron chi connectivity index (χ0n) is 18.5. The molecule has 0 saturated heterocycles. The van der Waals surface area contributed by atoms with Crippen molar-refractivity contribution in [3.8, 4) is 16.9 Å². The fraction of sp³-hybridized carbons (Fsp3) is 0.476. The second kappa shape index (κ2) is 9.44. The molecule has 1 aromatic carbocycles. The number of aromatic nitrogens is 1. The van der Waals surface area contributed by atoms with Crippen LogP contribution in [0.3, 0.4) is 0 Å². The Morgan fingerprint density at radius 2 is 1.91 bits per heavy atom. The lowest BCUT2D eigenvalue weighted by molar-refractivity contribution is 0.0906. The van der Waals surface area contributed by atoms with Gasteiger partial charge in [0.2, 0.25) is 20.0 Å². The minimum Gasteiger partial charge on any atom is -0.487 e. The van der Waals surface area contributed by atoms with E-state index < -0.39 is 32.2 Å². The largest absolute Gasteiger partial charge is 0.487 e. The highest BCUT2D eigenvalue weighted by atomic mass is 32.2. The molecule has 0 radical (unpaired) electrons. The smallest absolute Gasteiger partial charge is 0.247 e. The van der Waals surface area contributed by atoms with E-state index in [4.69, 9.17) is 4.74 Å². The molecular weight excluding hydrogens is 454 g/mol. The lowest BCUT2D eigenvalue weighted by Gasteiger charge is -2.37. The van der Waals surface area contributed by atoms with Crippen LogP contribution in [0.15, 0.2) is 47.6 Å². The number of sulfonamides is 2. The topological polar surface area (TPSA) is 117 Å². The van der Waals surface area contributed by atoms with Crippen LogP contribution in [0, 0.1) is 5.92 Å². The first kappa shape index (κ1) is 24.6. The molecule has 0 fully saturated rings. The zero-order valence-corrected chi connectivity index (χ0v) is 20.2. The van der Waals surface area contributed by atoms with Gasteiger partial charge in [-0.1, -0.05) is 13.0 Å². The van der Waals surface area contributed by atoms with Crippen molar-refractivity contribution in [3.05, 3.63) is 42.7 Å². The predicted octanol–water partition coefficient (Wildman–Crippen LogP) is 1.41. The lowest BCUT2D eigenvalue weighted by atomic mass is 10.0. The molecule has 1 aliphatic rings. The number of pyridine rings is 1. The van der Waals surface area contributed by atoms with Gasteiger partial charge in [-0.15, -0.1) is 0 Å². The van der Waals surface area contributed by atoms with E-state index in [0.29, 0.717) is 0 Å². The maximum atomic E-state index is 13.5. The number of aliphatic hydroxyl groups excluding tert-OH is 1. The van der Waals surface area contributed by atoms with Gasteiger partial charge in [-0.3, -0.25) is 4.98 Å². The van der Waals surface area contributed by atoms with Gasteiger partial charge in [0.25, 0.3) is 0 Å². The molecule has 2 heterocycles. The number of likely N-dealkylation sites (N-methyl/N-ethyl adjacent to an activating group) is 1. The van der Waals surface area contributed by atoms with E-state index in [-0.39, 0.29) is 36.3 Å². The van der Waals surface area contributed by atoms with E-state index in [2.05, 4.69) is 4.98 Å². The van der Waals surface area contributed by atoms with E-state index in [1.54, 1.807) is 43.6 Å². The molecule has 0 unspecified atom stereocenters. The van der Waals surface area contributed by atoms with Gasteiger partial charge in [0, 0.05) is 37.9 Å². The molecule has 0 saturated carbocycles. The van der Waals surface area contributed by atoms with Gasteiger partial charge < -0.3 is 9.84 Å². The van der Waals surface area contributed by atoms with Crippen molar-refractivity contribution in [3.63, 3.8) is 0 Å². The summed E-state index contributed by atoms with van der Waals surface area (Å²) in [6.45, 7) is 3.24. The van der Waals surface area contributed by atoms with E-state index in [9.17, 15) is 21.9 Å². The third kappa shape index (κ3) is 5.12. The molecule has 11 heteroatoms. The van der Waals surface area contributed by atoms with Crippen LogP contribution in [0.2, 0.25) is 0 Å². The number of hydrogen-bond acceptors (Lipinski definition) is 7. The summed E-state index contributed by atoms with van der Waals surface area (Å²) in [5.74, 6) is -0.200. The molecule has 3 atom stereocenters. The first-order valence-electron chi connectivity index (χ1n) is 10.2. The van der Waals surface area contributed by atoms with Crippen LogP contribution < -0.4 is 4.74 Å². The van der Waals surface area contributed by atoms with Crippen molar-refractivity contribution in [2.45, 2.75) is 30.9 Å². The zero-order chi connectivity index (χ0) is 23.7. The number of nitrogens with zero attached hydrogens (tertiary/aromatic N) is 3. The summed E-state index contributed by atoms with van der Waals surface area (Å²) in [7, 11) is -5.96. The Labute approximate surface area is 189 Å². The molecule has 0 bridgehead atoms. The first-order valence-corrected chi connectivity index (χ1v) is 13.5. The number of ether oxygens (including phenoxy) is 1. The lowest BCUT2D eigenvalue weighted by Crippen LogP contribution is -2.50. The molecule has 32 heavy (non-hydrogen) atoms. The summed E-state index contributed by atoms with van der Waals surface area (Å²) in [5, 5.41) is 9.70. The maximum absolute atomic E-state index is 13.5. The van der Waals surface area contributed by atoms with Crippen molar-refractivity contribution in [2.24, 2.45) is 5.92 Å². The highest BCUT2D eigenvalue weighted by Crippen LogP contribution is 2.36. The van der Waals surface area contributed by atoms with Crippen LogP contribution in [0.4, 0.5) is 0 Å². The summed E-state index contributed by atoms with van der Waals surface area (Å²) in [6, 6.07) is 7.79. The average Bonchev–Trinajstić information content (AvgIpc) is 2.75. The van der Waals surface area contributed by atoms with Gasteiger partial charge in [0.15, 0.2) is 0 Å². The van der Waals surface area contributed by atoms with Crippen LogP contribution in [0.1, 0.15) is 13.8 Å². The molecular formula is C21H29N3O6S2. The Kier molecular flexibility index (Phi) is 7.25. The fourth-order valence-corrected chi connectivity index (χ4v) is 5.80. The van der Waals surface area contributed by atoms with Crippen LogP contribution in [0.5, 0.6) is 5.75 Å². The van der Waals surface area contributed by atoms with Gasteiger partial charge in [-0.2, -0.15) is 4.31 Å². The minimum atomic E-state index is -3.96. The SMILES string of the molecule is C[C@H]1CN([C@@H](C)CO)S(=O)(=O)c2ccc(-c3ccncc3)cc2O[C@@H]1CN(C)S(C)(=O)=O. The number of rotatable bonds is 6. The Morgan fingerprint density at radius 1 is 1.25 bits per heavy atom. The fourth-order valence-electron chi connectivity index (χ4n) is 3.56. The van der Waals surface area contributed by atoms with Crippen molar-refractivity contribution >= 4 is 20.0 Å². The monoisotopic (exact) mass is 483 g/mol. The van der Waals surface area contributed by atoms with E-state index in [0.717, 1.165) is 17.4 Å². The standard InChI is InChI=1S/C21H29N3O6S2/c1-15-12-24(16(2)14-25)32(28,29)21-6-5-18(17-7-9-22-10-8-17)11-19(21)30-20(15)13-23(3)31(4,26)27/h5-11,15-16,20,25H,12-14H2,1-4H3/t15-,16-,20+/m0/s1. The van der Waals surface area contributed by atoms with E-state index in [1.165, 1.54) is 21.7 Å². The second-order valence-electron chi connectivity index (χ2n) is 8.18. The van der Waals surface area contributed by atoms with Crippen LogP contribution in [-0.2, 0) is 20.0 Å². The summed E-state index contributed by atoms with van der Waals surface area (Å²) in [5.41, 5.74) is 1.58. The highest BCUT2D eigenvalue weighted by Gasteiger charge is 2.38. The van der Waals surface area contributed by atoms with E-state index >= 15 is 0 Å². The van der Waals surface area contributed by atoms with Gasteiger partial charge in [-0.05, 0) is 42.3 Å². The third-order valence-electron chi connectivity index (χ3n) is 5.68. The van der Waals surface area contributed by atoms with Gasteiger partial charge in [0.1, 0.15) is 16.7 Å². The molecule has 9 nitrogen and oxygen atoms in total. The van der Waals surface area contributed by atoms with Gasteiger partial charge >= 0.3 is 0 Å². The number of aliphatic hydroxyl groups is 1. The molecule has 0 amide bonds. The molecule has 0 aliphatic carbocycles. The molecule has 2 aromatic rings.